The van der Waals surface area contributed by atoms with Crippen LogP contribution in [0.2, 0.25) is 0 Å². The Bertz CT molecular complexity index is 422. The van der Waals surface area contributed by atoms with Gasteiger partial charge in [0.15, 0.2) is 0 Å². The molecule has 0 unspecified atom stereocenters. The summed E-state index contributed by atoms with van der Waals surface area (Å²) in [7, 11) is 0. The number of rotatable bonds is 3. The van der Waals surface area contributed by atoms with E-state index in [1.807, 2.05) is 6.07 Å². The Labute approximate surface area is 102 Å². The molecule has 0 atom stereocenters. The Morgan fingerprint density at radius 1 is 1.53 bits per heavy atom. The molecular weight excluding hydrogens is 214 g/mol. The normalized spacial score (nSPS) is 23.0. The summed E-state index contributed by atoms with van der Waals surface area (Å²) in [5.41, 5.74) is 2.88. The van der Waals surface area contributed by atoms with Crippen LogP contribution in [0.4, 0.5) is 0 Å². The number of esters is 1. The summed E-state index contributed by atoms with van der Waals surface area (Å²) in [6.45, 7) is 6.52. The van der Waals surface area contributed by atoms with Gasteiger partial charge in [0.05, 0.1) is 6.61 Å². The van der Waals surface area contributed by atoms with Gasteiger partial charge >= 0.3 is 5.97 Å². The van der Waals surface area contributed by atoms with Gasteiger partial charge in [0.1, 0.15) is 5.69 Å². The van der Waals surface area contributed by atoms with Gasteiger partial charge in [-0.2, -0.15) is 0 Å². The van der Waals surface area contributed by atoms with E-state index in [1.54, 1.807) is 13.1 Å². The number of ether oxygens (including phenoxy) is 1. The quantitative estimate of drug-likeness (QED) is 0.753. The molecule has 1 aromatic rings. The van der Waals surface area contributed by atoms with Crippen molar-refractivity contribution >= 4 is 5.97 Å². The summed E-state index contributed by atoms with van der Waals surface area (Å²) >= 11 is 0. The SMILES string of the molecule is CCOC(=O)c1cc(C2CC(C)C2)c(C)cn1. The van der Waals surface area contributed by atoms with Crippen molar-refractivity contribution in [2.45, 2.75) is 39.5 Å². The molecule has 1 heterocycles. The third-order valence-electron chi connectivity index (χ3n) is 3.44. The molecule has 1 saturated carbocycles. The van der Waals surface area contributed by atoms with Gasteiger partial charge in [-0.15, -0.1) is 0 Å². The van der Waals surface area contributed by atoms with Crippen molar-refractivity contribution in [2.75, 3.05) is 6.61 Å². The summed E-state index contributed by atoms with van der Waals surface area (Å²) in [5.74, 6) is 1.08. The molecule has 1 aromatic heterocycles. The molecule has 0 aromatic carbocycles. The van der Waals surface area contributed by atoms with Crippen LogP contribution in [0.5, 0.6) is 0 Å². The maximum atomic E-state index is 11.6. The average Bonchev–Trinajstić information content (AvgIpc) is 2.26. The lowest BCUT2D eigenvalue weighted by Gasteiger charge is -2.34. The van der Waals surface area contributed by atoms with Crippen LogP contribution in [0.1, 0.15) is 54.2 Å². The molecule has 0 N–H and O–H groups in total. The zero-order valence-corrected chi connectivity index (χ0v) is 10.7. The van der Waals surface area contributed by atoms with Crippen molar-refractivity contribution in [1.29, 1.82) is 0 Å². The van der Waals surface area contributed by atoms with E-state index in [-0.39, 0.29) is 5.97 Å². The Kier molecular flexibility index (Phi) is 3.46. The minimum absolute atomic E-state index is 0.318. The number of pyridine rings is 1. The second-order valence-corrected chi connectivity index (χ2v) is 4.92. The highest BCUT2D eigenvalue weighted by Gasteiger charge is 2.28. The monoisotopic (exact) mass is 233 g/mol. The summed E-state index contributed by atoms with van der Waals surface area (Å²) < 4.78 is 4.97. The molecule has 0 aliphatic heterocycles. The van der Waals surface area contributed by atoms with Gasteiger partial charge in [-0.3, -0.25) is 0 Å². The average molecular weight is 233 g/mol. The van der Waals surface area contributed by atoms with E-state index in [1.165, 1.54) is 24.0 Å². The highest BCUT2D eigenvalue weighted by molar-refractivity contribution is 5.87. The lowest BCUT2D eigenvalue weighted by Crippen LogP contribution is -2.20. The first-order chi connectivity index (χ1) is 8.11. The molecule has 3 heteroatoms. The van der Waals surface area contributed by atoms with Gasteiger partial charge in [0.25, 0.3) is 0 Å². The summed E-state index contributed by atoms with van der Waals surface area (Å²) in [6, 6.07) is 1.91. The van der Waals surface area contributed by atoms with Crippen molar-refractivity contribution in [2.24, 2.45) is 5.92 Å². The fourth-order valence-electron chi connectivity index (χ4n) is 2.45. The van der Waals surface area contributed by atoms with Gasteiger partial charge in [0, 0.05) is 6.20 Å². The summed E-state index contributed by atoms with van der Waals surface area (Å²) in [5, 5.41) is 0. The van der Waals surface area contributed by atoms with E-state index in [2.05, 4.69) is 18.8 Å². The van der Waals surface area contributed by atoms with Crippen LogP contribution < -0.4 is 0 Å². The second-order valence-electron chi connectivity index (χ2n) is 4.92. The molecule has 0 spiro atoms. The van der Waals surface area contributed by atoms with Crippen LogP contribution in [0, 0.1) is 12.8 Å². The fourth-order valence-corrected chi connectivity index (χ4v) is 2.45. The van der Waals surface area contributed by atoms with Crippen LogP contribution >= 0.6 is 0 Å². The van der Waals surface area contributed by atoms with E-state index in [9.17, 15) is 4.79 Å². The highest BCUT2D eigenvalue weighted by Crippen LogP contribution is 2.42. The number of nitrogens with zero attached hydrogens (tertiary/aromatic N) is 1. The number of aryl methyl sites for hydroxylation is 1. The number of hydrogen-bond donors (Lipinski definition) is 0. The van der Waals surface area contributed by atoms with Gasteiger partial charge < -0.3 is 4.74 Å². The van der Waals surface area contributed by atoms with Crippen molar-refractivity contribution in [3.8, 4) is 0 Å². The molecule has 0 saturated heterocycles. The molecule has 1 aliphatic carbocycles. The van der Waals surface area contributed by atoms with E-state index < -0.39 is 0 Å². The first-order valence-electron chi connectivity index (χ1n) is 6.25. The molecular formula is C14H19NO2. The van der Waals surface area contributed by atoms with Crippen molar-refractivity contribution < 1.29 is 9.53 Å². The molecule has 0 amide bonds. The number of carbonyl (C=O) groups is 1. The van der Waals surface area contributed by atoms with Crippen LogP contribution in [-0.4, -0.2) is 17.6 Å². The number of carbonyl (C=O) groups excluding carboxylic acids is 1. The zero-order chi connectivity index (χ0) is 12.4. The smallest absolute Gasteiger partial charge is 0.356 e. The van der Waals surface area contributed by atoms with Crippen molar-refractivity contribution in [3.05, 3.63) is 29.1 Å². The van der Waals surface area contributed by atoms with Gasteiger partial charge in [-0.25, -0.2) is 9.78 Å². The number of aromatic nitrogens is 1. The zero-order valence-electron chi connectivity index (χ0n) is 10.7. The van der Waals surface area contributed by atoms with E-state index >= 15 is 0 Å². The van der Waals surface area contributed by atoms with Crippen LogP contribution in [-0.2, 0) is 4.74 Å². The molecule has 0 radical (unpaired) electrons. The minimum Gasteiger partial charge on any atom is -0.461 e. The standard InChI is InChI=1S/C14H19NO2/c1-4-17-14(16)13-7-12(10(3)8-15-13)11-5-9(2)6-11/h7-9,11H,4-6H2,1-3H3. The van der Waals surface area contributed by atoms with E-state index in [4.69, 9.17) is 4.74 Å². The van der Waals surface area contributed by atoms with Crippen LogP contribution in [0.25, 0.3) is 0 Å². The second kappa shape index (κ2) is 4.86. The maximum Gasteiger partial charge on any atom is 0.356 e. The summed E-state index contributed by atoms with van der Waals surface area (Å²) in [6.07, 6.45) is 4.21. The van der Waals surface area contributed by atoms with Gasteiger partial charge in [-0.05, 0) is 55.7 Å². The minimum atomic E-state index is -0.318. The van der Waals surface area contributed by atoms with Crippen molar-refractivity contribution in [3.63, 3.8) is 0 Å². The third-order valence-corrected chi connectivity index (χ3v) is 3.44. The lowest BCUT2D eigenvalue weighted by molar-refractivity contribution is 0.0519. The molecule has 17 heavy (non-hydrogen) atoms. The predicted molar refractivity (Wildman–Crippen MR) is 66.1 cm³/mol. The topological polar surface area (TPSA) is 39.2 Å². The Morgan fingerprint density at radius 3 is 2.82 bits per heavy atom. The fraction of sp³-hybridized carbons (Fsp3) is 0.571. The predicted octanol–water partition coefficient (Wildman–Crippen LogP) is 3.08. The highest BCUT2D eigenvalue weighted by atomic mass is 16.5. The Balaban J connectivity index is 2.20. The molecule has 1 aliphatic rings. The molecule has 92 valence electrons. The maximum absolute atomic E-state index is 11.6. The largest absolute Gasteiger partial charge is 0.461 e. The molecule has 3 nitrogen and oxygen atoms in total. The molecule has 2 rings (SSSR count). The van der Waals surface area contributed by atoms with Gasteiger partial charge in [0.2, 0.25) is 0 Å². The van der Waals surface area contributed by atoms with Crippen LogP contribution in [0.3, 0.4) is 0 Å². The van der Waals surface area contributed by atoms with Crippen LogP contribution in [0.15, 0.2) is 12.3 Å². The molecule has 1 fully saturated rings. The first-order valence-corrected chi connectivity index (χ1v) is 6.25. The lowest BCUT2D eigenvalue weighted by atomic mass is 9.71. The van der Waals surface area contributed by atoms with E-state index in [0.29, 0.717) is 18.2 Å². The third kappa shape index (κ3) is 2.48. The Morgan fingerprint density at radius 2 is 2.24 bits per heavy atom. The molecule has 0 bridgehead atoms. The van der Waals surface area contributed by atoms with Gasteiger partial charge in [-0.1, -0.05) is 6.92 Å². The first kappa shape index (κ1) is 12.1. The number of hydrogen-bond acceptors (Lipinski definition) is 3. The van der Waals surface area contributed by atoms with E-state index in [0.717, 1.165) is 5.92 Å². The van der Waals surface area contributed by atoms with Crippen molar-refractivity contribution in [1.82, 2.24) is 4.98 Å². The summed E-state index contributed by atoms with van der Waals surface area (Å²) in [4.78, 5) is 15.8. The Hall–Kier alpha value is -1.38.